The molecule has 0 fully saturated rings. The van der Waals surface area contributed by atoms with Crippen LogP contribution in [0.5, 0.6) is 0 Å². The molecule has 0 amide bonds. The third-order valence-corrected chi connectivity index (χ3v) is 4.22. The van der Waals surface area contributed by atoms with Crippen LogP contribution < -0.4 is 5.32 Å². The van der Waals surface area contributed by atoms with Crippen molar-refractivity contribution in [1.82, 2.24) is 14.8 Å². The standard InChI is InChI=1S/C18H15ClN4/c1-12-20-18-21-16(13-7-3-2-4-8-13)11-17(23(18)22-12)14-9-5-6-10-15(14)19/h2-11,17H,1H3,(H,20,21,22)/t17-/m1/s1. The molecule has 1 atom stereocenters. The zero-order chi connectivity index (χ0) is 15.8. The quantitative estimate of drug-likeness (QED) is 0.765. The van der Waals surface area contributed by atoms with Crippen LogP contribution in [0.1, 0.15) is 23.0 Å². The first-order valence-corrected chi connectivity index (χ1v) is 7.82. The lowest BCUT2D eigenvalue weighted by Crippen LogP contribution is -2.20. The summed E-state index contributed by atoms with van der Waals surface area (Å²) in [4.78, 5) is 4.49. The number of hydrogen-bond donors (Lipinski definition) is 1. The number of anilines is 1. The molecule has 0 spiro atoms. The van der Waals surface area contributed by atoms with Crippen LogP contribution in [0.3, 0.4) is 0 Å². The van der Waals surface area contributed by atoms with E-state index in [1.165, 1.54) is 0 Å². The van der Waals surface area contributed by atoms with E-state index >= 15 is 0 Å². The molecule has 1 N–H and O–H groups in total. The largest absolute Gasteiger partial charge is 0.324 e. The van der Waals surface area contributed by atoms with Crippen molar-refractivity contribution < 1.29 is 0 Å². The first kappa shape index (κ1) is 14.0. The molecule has 3 aromatic rings. The zero-order valence-corrected chi connectivity index (χ0v) is 13.3. The van der Waals surface area contributed by atoms with Gasteiger partial charge < -0.3 is 5.32 Å². The molecule has 4 nitrogen and oxygen atoms in total. The fraction of sp³-hybridized carbons (Fsp3) is 0.111. The average molecular weight is 323 g/mol. The second-order valence-electron chi connectivity index (χ2n) is 5.46. The van der Waals surface area contributed by atoms with Crippen molar-refractivity contribution >= 4 is 23.2 Å². The maximum atomic E-state index is 6.41. The van der Waals surface area contributed by atoms with E-state index in [2.05, 4.69) is 33.6 Å². The van der Waals surface area contributed by atoms with Gasteiger partial charge >= 0.3 is 0 Å². The van der Waals surface area contributed by atoms with E-state index in [1.807, 2.05) is 54.1 Å². The molecule has 2 aromatic carbocycles. The van der Waals surface area contributed by atoms with E-state index in [0.717, 1.165) is 33.6 Å². The van der Waals surface area contributed by atoms with Crippen LogP contribution in [0.4, 0.5) is 5.95 Å². The van der Waals surface area contributed by atoms with E-state index < -0.39 is 0 Å². The van der Waals surface area contributed by atoms with E-state index in [9.17, 15) is 0 Å². The number of nitrogens with zero attached hydrogens (tertiary/aromatic N) is 3. The Morgan fingerprint density at radius 3 is 2.57 bits per heavy atom. The summed E-state index contributed by atoms with van der Waals surface area (Å²) in [6.45, 7) is 1.89. The van der Waals surface area contributed by atoms with Crippen molar-refractivity contribution in [1.29, 1.82) is 0 Å². The molecule has 114 valence electrons. The first-order chi connectivity index (χ1) is 11.2. The fourth-order valence-electron chi connectivity index (χ4n) is 2.82. The molecule has 0 radical (unpaired) electrons. The Bertz CT molecular complexity index is 883. The number of fused-ring (bicyclic) bond motifs is 1. The lowest BCUT2D eigenvalue weighted by molar-refractivity contribution is 0.607. The van der Waals surface area contributed by atoms with Gasteiger partial charge in [0.1, 0.15) is 11.9 Å². The predicted octanol–water partition coefficient (Wildman–Crippen LogP) is 4.30. The smallest absolute Gasteiger partial charge is 0.226 e. The Labute approximate surface area is 139 Å². The predicted molar refractivity (Wildman–Crippen MR) is 92.4 cm³/mol. The second-order valence-corrected chi connectivity index (χ2v) is 5.87. The normalized spacial score (nSPS) is 16.4. The molecule has 2 heterocycles. The van der Waals surface area contributed by atoms with Crippen LogP contribution in [0.2, 0.25) is 5.02 Å². The highest BCUT2D eigenvalue weighted by Crippen LogP contribution is 2.35. The number of nitrogens with one attached hydrogen (secondary N) is 1. The highest BCUT2D eigenvalue weighted by Gasteiger charge is 2.25. The van der Waals surface area contributed by atoms with Crippen molar-refractivity contribution in [3.63, 3.8) is 0 Å². The number of rotatable bonds is 2. The summed E-state index contributed by atoms with van der Waals surface area (Å²) in [5.74, 6) is 1.46. The maximum Gasteiger partial charge on any atom is 0.226 e. The summed E-state index contributed by atoms with van der Waals surface area (Å²) in [7, 11) is 0. The minimum atomic E-state index is -0.0867. The third kappa shape index (κ3) is 2.51. The van der Waals surface area contributed by atoms with Crippen LogP contribution in [0.25, 0.3) is 5.70 Å². The maximum absolute atomic E-state index is 6.41. The third-order valence-electron chi connectivity index (χ3n) is 3.88. The molecule has 1 aliphatic heterocycles. The van der Waals surface area contributed by atoms with Gasteiger partial charge in [0.2, 0.25) is 5.95 Å². The van der Waals surface area contributed by atoms with Gasteiger partial charge in [-0.15, -0.1) is 0 Å². The topological polar surface area (TPSA) is 42.7 Å². The van der Waals surface area contributed by atoms with Gasteiger partial charge in [0.25, 0.3) is 0 Å². The Kier molecular flexibility index (Phi) is 3.39. The summed E-state index contributed by atoms with van der Waals surface area (Å²) in [6.07, 6.45) is 2.14. The highest BCUT2D eigenvalue weighted by atomic mass is 35.5. The molecule has 1 aromatic heterocycles. The first-order valence-electron chi connectivity index (χ1n) is 7.44. The summed E-state index contributed by atoms with van der Waals surface area (Å²) in [6, 6.07) is 18.0. The van der Waals surface area contributed by atoms with Gasteiger partial charge in [0.05, 0.1) is 0 Å². The lowest BCUT2D eigenvalue weighted by Gasteiger charge is -2.25. The van der Waals surface area contributed by atoms with Crippen LogP contribution in [-0.4, -0.2) is 14.8 Å². The monoisotopic (exact) mass is 322 g/mol. The van der Waals surface area contributed by atoms with E-state index in [-0.39, 0.29) is 6.04 Å². The van der Waals surface area contributed by atoms with Gasteiger partial charge in [-0.2, -0.15) is 10.1 Å². The molecule has 0 bridgehead atoms. The summed E-state index contributed by atoms with van der Waals surface area (Å²) in [5, 5.41) is 8.60. The van der Waals surface area contributed by atoms with Gasteiger partial charge in [0.15, 0.2) is 0 Å². The van der Waals surface area contributed by atoms with E-state index in [1.54, 1.807) is 0 Å². The van der Waals surface area contributed by atoms with E-state index in [4.69, 9.17) is 11.6 Å². The number of benzene rings is 2. The SMILES string of the molecule is Cc1nc2n(n1)[C@@H](c1ccccc1Cl)C=C(c1ccccc1)N2. The Hall–Kier alpha value is -2.59. The Morgan fingerprint density at radius 1 is 1.04 bits per heavy atom. The van der Waals surface area contributed by atoms with Crippen LogP contribution >= 0.6 is 11.6 Å². The molecule has 4 rings (SSSR count). The molecule has 0 unspecified atom stereocenters. The minimum Gasteiger partial charge on any atom is -0.324 e. The molecular weight excluding hydrogens is 308 g/mol. The van der Waals surface area contributed by atoms with Crippen molar-refractivity contribution in [3.8, 4) is 0 Å². The van der Waals surface area contributed by atoms with Crippen LogP contribution in [0.15, 0.2) is 60.7 Å². The molecule has 0 saturated heterocycles. The molecule has 0 saturated carbocycles. The van der Waals surface area contributed by atoms with Gasteiger partial charge in [-0.25, -0.2) is 4.68 Å². The molecular formula is C18H15ClN4. The number of aryl methyl sites for hydroxylation is 1. The molecule has 23 heavy (non-hydrogen) atoms. The summed E-state index contributed by atoms with van der Waals surface area (Å²) >= 11 is 6.41. The van der Waals surface area contributed by atoms with Crippen molar-refractivity contribution in [2.24, 2.45) is 0 Å². The molecule has 1 aliphatic rings. The van der Waals surface area contributed by atoms with Crippen LogP contribution in [-0.2, 0) is 0 Å². The Morgan fingerprint density at radius 2 is 1.78 bits per heavy atom. The highest BCUT2D eigenvalue weighted by molar-refractivity contribution is 6.31. The number of hydrogen-bond acceptors (Lipinski definition) is 3. The van der Waals surface area contributed by atoms with Crippen LogP contribution in [0, 0.1) is 6.92 Å². The van der Waals surface area contributed by atoms with Crippen molar-refractivity contribution in [2.45, 2.75) is 13.0 Å². The Balaban J connectivity index is 1.87. The van der Waals surface area contributed by atoms with Gasteiger partial charge in [0, 0.05) is 10.7 Å². The minimum absolute atomic E-state index is 0.0867. The average Bonchev–Trinajstić information content (AvgIpc) is 2.95. The fourth-order valence-corrected chi connectivity index (χ4v) is 3.07. The number of allylic oxidation sites excluding steroid dienone is 1. The zero-order valence-electron chi connectivity index (χ0n) is 12.6. The molecule has 0 aliphatic carbocycles. The summed E-state index contributed by atoms with van der Waals surface area (Å²) < 4.78 is 1.88. The summed E-state index contributed by atoms with van der Waals surface area (Å²) in [5.41, 5.74) is 3.13. The molecule has 5 heteroatoms. The lowest BCUT2D eigenvalue weighted by atomic mass is 10.0. The number of halogens is 1. The van der Waals surface area contributed by atoms with E-state index in [0.29, 0.717) is 0 Å². The van der Waals surface area contributed by atoms with Gasteiger partial charge in [-0.1, -0.05) is 60.1 Å². The second kappa shape index (κ2) is 5.56. The van der Waals surface area contributed by atoms with Crippen molar-refractivity contribution in [2.75, 3.05) is 5.32 Å². The van der Waals surface area contributed by atoms with Gasteiger partial charge in [-0.05, 0) is 30.2 Å². The number of aromatic nitrogens is 3. The van der Waals surface area contributed by atoms with Crippen molar-refractivity contribution in [3.05, 3.63) is 82.6 Å². The van der Waals surface area contributed by atoms with Gasteiger partial charge in [-0.3, -0.25) is 0 Å².